The highest BCUT2D eigenvalue weighted by Crippen LogP contribution is 2.53. The van der Waals surface area contributed by atoms with Crippen LogP contribution < -0.4 is 4.90 Å². The first-order chi connectivity index (χ1) is 12.6. The number of fused-ring (bicyclic) bond motifs is 4. The summed E-state index contributed by atoms with van der Waals surface area (Å²) in [4.78, 5) is 20.1. The number of nitrogens with zero attached hydrogens (tertiary/aromatic N) is 4. The van der Waals surface area contributed by atoms with Crippen molar-refractivity contribution < 1.29 is 4.79 Å². The van der Waals surface area contributed by atoms with E-state index < -0.39 is 0 Å². The molecule has 1 amide bonds. The van der Waals surface area contributed by atoms with Crippen LogP contribution in [0.5, 0.6) is 0 Å². The van der Waals surface area contributed by atoms with Crippen molar-refractivity contribution in [2.24, 2.45) is 5.92 Å². The second kappa shape index (κ2) is 6.97. The number of rotatable bonds is 3. The van der Waals surface area contributed by atoms with Gasteiger partial charge in [-0.15, -0.1) is 0 Å². The number of hydrogen-bond donors (Lipinski definition) is 0. The van der Waals surface area contributed by atoms with Gasteiger partial charge in [0, 0.05) is 24.3 Å². The van der Waals surface area contributed by atoms with Crippen molar-refractivity contribution in [2.75, 3.05) is 4.90 Å². The van der Waals surface area contributed by atoms with Crippen LogP contribution in [0.15, 0.2) is 0 Å². The van der Waals surface area contributed by atoms with Crippen molar-refractivity contribution in [3.05, 3.63) is 5.82 Å². The molecule has 2 atom stereocenters. The highest BCUT2D eigenvalue weighted by Gasteiger charge is 2.54. The van der Waals surface area contributed by atoms with E-state index in [0.29, 0.717) is 24.3 Å². The fraction of sp³-hybridized carbons (Fsp3) is 0.857. The Hall–Kier alpha value is -1.39. The normalized spacial score (nSPS) is 27.5. The zero-order chi connectivity index (χ0) is 18.3. The lowest BCUT2D eigenvalue weighted by Gasteiger charge is -2.55. The second-order valence-electron chi connectivity index (χ2n) is 8.97. The summed E-state index contributed by atoms with van der Waals surface area (Å²) >= 11 is 0. The van der Waals surface area contributed by atoms with Gasteiger partial charge < -0.3 is 0 Å². The van der Waals surface area contributed by atoms with Gasteiger partial charge in [0.1, 0.15) is 0 Å². The first kappa shape index (κ1) is 18.0. The third kappa shape index (κ3) is 2.69. The van der Waals surface area contributed by atoms with Gasteiger partial charge in [0.15, 0.2) is 5.82 Å². The minimum Gasteiger partial charge on any atom is -0.277 e. The average molecular weight is 359 g/mol. The molecule has 0 saturated heterocycles. The Morgan fingerprint density at radius 1 is 1.15 bits per heavy atom. The zero-order valence-corrected chi connectivity index (χ0v) is 16.7. The molecule has 0 unspecified atom stereocenters. The molecule has 0 aromatic carbocycles. The van der Waals surface area contributed by atoms with Crippen molar-refractivity contribution in [3.63, 3.8) is 0 Å². The van der Waals surface area contributed by atoms with Gasteiger partial charge in [0.25, 0.3) is 0 Å². The lowest BCUT2D eigenvalue weighted by atomic mass is 9.64. The number of carbonyl (C=O) groups is 1. The zero-order valence-electron chi connectivity index (χ0n) is 16.7. The number of aromatic nitrogens is 3. The molecule has 0 N–H and O–H groups in total. The summed E-state index contributed by atoms with van der Waals surface area (Å²) in [5, 5.41) is 5.02. The summed E-state index contributed by atoms with van der Waals surface area (Å²) in [6, 6.07) is 0.331. The van der Waals surface area contributed by atoms with E-state index in [0.717, 1.165) is 24.6 Å². The monoisotopic (exact) mass is 358 g/mol. The summed E-state index contributed by atoms with van der Waals surface area (Å²) in [6.07, 6.45) is 12.7. The molecule has 2 fully saturated rings. The standard InChI is InChI=1S/C21H34N4O/c1-4-10-18(26)24-17-12-7-6-11-16(17)21(13-8-5-9-14-21)25-20(24)22-19(23-25)15(2)3/h15-17H,4-14H2,1-3H3/t16-,17+/m1/s1. The van der Waals surface area contributed by atoms with Crippen molar-refractivity contribution >= 4 is 11.9 Å². The average Bonchev–Trinajstić information content (AvgIpc) is 3.09. The molecule has 1 aromatic heterocycles. The molecular weight excluding hydrogens is 324 g/mol. The summed E-state index contributed by atoms with van der Waals surface area (Å²) in [7, 11) is 0. The molecule has 3 aliphatic rings. The summed E-state index contributed by atoms with van der Waals surface area (Å²) < 4.78 is 2.24. The number of anilines is 1. The van der Waals surface area contributed by atoms with Crippen LogP contribution >= 0.6 is 0 Å². The molecule has 144 valence electrons. The Kier molecular flexibility index (Phi) is 4.83. The van der Waals surface area contributed by atoms with E-state index in [-0.39, 0.29) is 11.4 Å². The fourth-order valence-electron chi connectivity index (χ4n) is 5.75. The van der Waals surface area contributed by atoms with Crippen molar-refractivity contribution in [1.82, 2.24) is 14.8 Å². The predicted octanol–water partition coefficient (Wildman–Crippen LogP) is 4.77. The van der Waals surface area contributed by atoms with Crippen LogP contribution in [-0.4, -0.2) is 26.7 Å². The summed E-state index contributed by atoms with van der Waals surface area (Å²) in [5.41, 5.74) is 0.0990. The van der Waals surface area contributed by atoms with Crippen LogP contribution in [0, 0.1) is 5.92 Å². The Bertz CT molecular complexity index is 659. The van der Waals surface area contributed by atoms with Gasteiger partial charge >= 0.3 is 0 Å². The van der Waals surface area contributed by atoms with Crippen molar-refractivity contribution in [3.8, 4) is 0 Å². The third-order valence-corrected chi connectivity index (χ3v) is 6.96. The van der Waals surface area contributed by atoms with E-state index in [1.54, 1.807) is 0 Å². The van der Waals surface area contributed by atoms with E-state index in [1.807, 2.05) is 0 Å². The third-order valence-electron chi connectivity index (χ3n) is 6.96. The second-order valence-corrected chi connectivity index (χ2v) is 8.97. The highest BCUT2D eigenvalue weighted by atomic mass is 16.2. The van der Waals surface area contributed by atoms with Gasteiger partial charge in [-0.2, -0.15) is 10.1 Å². The van der Waals surface area contributed by atoms with Crippen molar-refractivity contribution in [2.45, 2.75) is 109 Å². The predicted molar refractivity (Wildman–Crippen MR) is 103 cm³/mol. The number of carbonyl (C=O) groups excluding carboxylic acids is 1. The number of amides is 1. The Balaban J connectivity index is 1.87. The van der Waals surface area contributed by atoms with Gasteiger partial charge in [0.2, 0.25) is 11.9 Å². The Morgan fingerprint density at radius 2 is 1.88 bits per heavy atom. The van der Waals surface area contributed by atoms with E-state index in [4.69, 9.17) is 10.1 Å². The molecule has 2 aliphatic carbocycles. The maximum Gasteiger partial charge on any atom is 0.231 e. The van der Waals surface area contributed by atoms with Gasteiger partial charge in [0.05, 0.1) is 5.54 Å². The molecule has 1 aromatic rings. The lowest BCUT2D eigenvalue weighted by molar-refractivity contribution is -0.121. The van der Waals surface area contributed by atoms with Gasteiger partial charge in [-0.1, -0.05) is 52.9 Å². The van der Waals surface area contributed by atoms with Crippen LogP contribution in [0.1, 0.15) is 103 Å². The first-order valence-electron chi connectivity index (χ1n) is 10.9. The summed E-state index contributed by atoms with van der Waals surface area (Å²) in [5.74, 6) is 2.85. The fourth-order valence-corrected chi connectivity index (χ4v) is 5.75. The molecule has 1 aliphatic heterocycles. The minimum atomic E-state index is 0.0990. The summed E-state index contributed by atoms with van der Waals surface area (Å²) in [6.45, 7) is 6.40. The van der Waals surface area contributed by atoms with Crippen LogP contribution in [0.25, 0.3) is 0 Å². The smallest absolute Gasteiger partial charge is 0.231 e. The van der Waals surface area contributed by atoms with Gasteiger partial charge in [-0.25, -0.2) is 4.68 Å². The maximum atomic E-state index is 13.1. The molecule has 0 radical (unpaired) electrons. The topological polar surface area (TPSA) is 51.0 Å². The molecule has 26 heavy (non-hydrogen) atoms. The maximum absolute atomic E-state index is 13.1. The molecule has 4 rings (SSSR count). The highest BCUT2D eigenvalue weighted by molar-refractivity contribution is 5.92. The van der Waals surface area contributed by atoms with E-state index in [1.165, 1.54) is 51.4 Å². The Morgan fingerprint density at radius 3 is 2.58 bits per heavy atom. The van der Waals surface area contributed by atoms with Gasteiger partial charge in [-0.3, -0.25) is 9.69 Å². The van der Waals surface area contributed by atoms with Crippen LogP contribution in [-0.2, 0) is 10.3 Å². The van der Waals surface area contributed by atoms with Crippen LogP contribution in [0.3, 0.4) is 0 Å². The van der Waals surface area contributed by atoms with Crippen molar-refractivity contribution in [1.29, 1.82) is 0 Å². The van der Waals surface area contributed by atoms with Crippen LogP contribution in [0.4, 0.5) is 5.95 Å². The molecule has 2 saturated carbocycles. The molecule has 5 heteroatoms. The SMILES string of the molecule is CCCC(=O)N1c2nc(C(C)C)nn2C2(CCCCC2)[C@@H]2CCCC[C@@H]21. The Labute approximate surface area is 157 Å². The largest absolute Gasteiger partial charge is 0.277 e. The molecule has 5 nitrogen and oxygen atoms in total. The van der Waals surface area contributed by atoms with Crippen LogP contribution in [0.2, 0.25) is 0 Å². The quantitative estimate of drug-likeness (QED) is 0.782. The molecular formula is C21H34N4O. The molecule has 1 spiro atoms. The molecule has 0 bridgehead atoms. The van der Waals surface area contributed by atoms with E-state index in [9.17, 15) is 4.79 Å². The van der Waals surface area contributed by atoms with Gasteiger partial charge in [-0.05, 0) is 32.1 Å². The van der Waals surface area contributed by atoms with E-state index in [2.05, 4.69) is 30.4 Å². The lowest BCUT2D eigenvalue weighted by Crippen LogP contribution is -2.61. The first-order valence-corrected chi connectivity index (χ1v) is 10.9. The number of hydrogen-bond acceptors (Lipinski definition) is 3. The minimum absolute atomic E-state index is 0.0990. The van der Waals surface area contributed by atoms with E-state index >= 15 is 0 Å². The molecule has 2 heterocycles.